The second-order valence-corrected chi connectivity index (χ2v) is 16.7. The second-order valence-electron chi connectivity index (χ2n) is 16.7. The SMILES string of the molecule is CCCCCCCCOC(C=CCCC(OCCCCCC)OCCCCCC)OC(C=CCCC(OCCCCCC)OCCCCCC)OCCCCCCCC. The van der Waals surface area contributed by atoms with E-state index < -0.39 is 12.6 Å². The molecule has 0 aromatic rings. The Balaban J connectivity index is 5.68. The second kappa shape index (κ2) is 49.9. The minimum Gasteiger partial charge on any atom is -0.353 e. The Morgan fingerprint density at radius 3 is 0.814 bits per heavy atom. The average Bonchev–Trinajstić information content (AvgIpc) is 3.24. The summed E-state index contributed by atoms with van der Waals surface area (Å²) in [5.41, 5.74) is 0. The van der Waals surface area contributed by atoms with Gasteiger partial charge in [-0.2, -0.15) is 0 Å². The molecule has 0 spiro atoms. The fraction of sp³-hybridized carbons (Fsp3) is 0.923. The van der Waals surface area contributed by atoms with Crippen LogP contribution in [0.5, 0.6) is 0 Å². The maximum atomic E-state index is 6.62. The molecule has 0 aliphatic heterocycles. The molecule has 0 aromatic carbocycles. The highest BCUT2D eigenvalue weighted by molar-refractivity contribution is 4.90. The highest BCUT2D eigenvalue weighted by Gasteiger charge is 2.15. The van der Waals surface area contributed by atoms with E-state index in [0.717, 1.165) is 90.6 Å². The predicted octanol–water partition coefficient (Wildman–Crippen LogP) is 16.1. The molecule has 0 aliphatic carbocycles. The van der Waals surface area contributed by atoms with Gasteiger partial charge >= 0.3 is 0 Å². The summed E-state index contributed by atoms with van der Waals surface area (Å²) in [5, 5.41) is 0. The van der Waals surface area contributed by atoms with Crippen LogP contribution in [0.15, 0.2) is 24.3 Å². The topological polar surface area (TPSA) is 64.6 Å². The van der Waals surface area contributed by atoms with Gasteiger partial charge in [0, 0.05) is 39.3 Å². The van der Waals surface area contributed by atoms with E-state index in [2.05, 4.69) is 65.8 Å². The fourth-order valence-electron chi connectivity index (χ4n) is 6.86. The Labute approximate surface area is 368 Å². The van der Waals surface area contributed by atoms with E-state index in [1.54, 1.807) is 0 Å². The minimum absolute atomic E-state index is 0.174. The molecule has 352 valence electrons. The monoisotopic (exact) mass is 839 g/mol. The number of unbranched alkanes of at least 4 members (excludes halogenated alkanes) is 22. The highest BCUT2D eigenvalue weighted by Crippen LogP contribution is 2.16. The van der Waals surface area contributed by atoms with Crippen LogP contribution < -0.4 is 0 Å². The molecule has 0 fully saturated rings. The van der Waals surface area contributed by atoms with E-state index in [9.17, 15) is 0 Å². The third kappa shape index (κ3) is 43.6. The lowest BCUT2D eigenvalue weighted by Gasteiger charge is -2.22. The van der Waals surface area contributed by atoms with Gasteiger partial charge in [-0.15, -0.1) is 0 Å². The standard InChI is InChI=1S/C52H102O7/c1-7-13-19-25-27-37-47-57-51(41-31-29-39-49(53-43-33-21-15-9-3)54-44-34-22-16-10-4)59-52(58-48-38-28-26-20-14-8-2)42-32-30-40-50(55-45-35-23-17-11-5)56-46-36-24-18-12-6/h31-32,41-42,49-52H,7-30,33-40,43-48H2,1-6H3. The van der Waals surface area contributed by atoms with Gasteiger partial charge in [-0.3, -0.25) is 0 Å². The third-order valence-electron chi connectivity index (χ3n) is 10.8. The zero-order chi connectivity index (χ0) is 43.0. The Kier molecular flexibility index (Phi) is 49.2. The number of hydrogen-bond acceptors (Lipinski definition) is 7. The van der Waals surface area contributed by atoms with E-state index in [0.29, 0.717) is 13.2 Å². The molecule has 2 unspecified atom stereocenters. The van der Waals surface area contributed by atoms with Crippen LogP contribution in [0.25, 0.3) is 0 Å². The fourth-order valence-corrected chi connectivity index (χ4v) is 6.86. The van der Waals surface area contributed by atoms with E-state index >= 15 is 0 Å². The zero-order valence-electron chi connectivity index (χ0n) is 40.3. The largest absolute Gasteiger partial charge is 0.353 e. The van der Waals surface area contributed by atoms with Gasteiger partial charge < -0.3 is 33.2 Å². The molecule has 0 saturated heterocycles. The minimum atomic E-state index is -0.487. The van der Waals surface area contributed by atoms with Crippen molar-refractivity contribution in [2.75, 3.05) is 39.6 Å². The Bertz CT molecular complexity index is 742. The van der Waals surface area contributed by atoms with Crippen molar-refractivity contribution < 1.29 is 33.2 Å². The summed E-state index contributed by atoms with van der Waals surface area (Å²) in [7, 11) is 0. The summed E-state index contributed by atoms with van der Waals surface area (Å²) in [4.78, 5) is 0. The summed E-state index contributed by atoms with van der Waals surface area (Å²) >= 11 is 0. The van der Waals surface area contributed by atoms with Crippen molar-refractivity contribution in [2.45, 2.75) is 272 Å². The number of allylic oxidation sites excluding steroid dienone is 2. The summed E-state index contributed by atoms with van der Waals surface area (Å²) in [5.74, 6) is 0. The molecular formula is C52H102O7. The van der Waals surface area contributed by atoms with E-state index in [1.165, 1.54) is 141 Å². The van der Waals surface area contributed by atoms with Crippen molar-refractivity contribution in [1.82, 2.24) is 0 Å². The van der Waals surface area contributed by atoms with Crippen LogP contribution in [0.1, 0.15) is 247 Å². The molecule has 0 aromatic heterocycles. The molecule has 0 saturated carbocycles. The number of ether oxygens (including phenoxy) is 7. The predicted molar refractivity (Wildman–Crippen MR) is 252 cm³/mol. The number of hydrogen-bond donors (Lipinski definition) is 0. The number of rotatable bonds is 50. The molecule has 0 heterocycles. The first kappa shape index (κ1) is 58.2. The molecule has 0 aliphatic rings. The van der Waals surface area contributed by atoms with Gasteiger partial charge in [0.25, 0.3) is 0 Å². The molecule has 0 radical (unpaired) electrons. The third-order valence-corrected chi connectivity index (χ3v) is 10.8. The van der Waals surface area contributed by atoms with Crippen LogP contribution in [0.2, 0.25) is 0 Å². The molecule has 2 atom stereocenters. The lowest BCUT2D eigenvalue weighted by Crippen LogP contribution is -2.25. The van der Waals surface area contributed by atoms with Crippen molar-refractivity contribution in [2.24, 2.45) is 0 Å². The van der Waals surface area contributed by atoms with E-state index in [-0.39, 0.29) is 12.6 Å². The Morgan fingerprint density at radius 1 is 0.288 bits per heavy atom. The lowest BCUT2D eigenvalue weighted by molar-refractivity contribution is -0.208. The molecule has 59 heavy (non-hydrogen) atoms. The van der Waals surface area contributed by atoms with Gasteiger partial charge in [0.05, 0.1) is 13.2 Å². The van der Waals surface area contributed by atoms with Gasteiger partial charge in [0.2, 0.25) is 0 Å². The van der Waals surface area contributed by atoms with Crippen molar-refractivity contribution in [1.29, 1.82) is 0 Å². The zero-order valence-corrected chi connectivity index (χ0v) is 40.3. The normalized spacial score (nSPS) is 13.3. The maximum absolute atomic E-state index is 6.62. The van der Waals surface area contributed by atoms with Crippen molar-refractivity contribution >= 4 is 0 Å². The molecule has 7 nitrogen and oxygen atoms in total. The summed E-state index contributed by atoms with van der Waals surface area (Å²) < 4.78 is 44.5. The van der Waals surface area contributed by atoms with Gasteiger partial charge in [-0.25, -0.2) is 0 Å². The highest BCUT2D eigenvalue weighted by atomic mass is 16.8. The van der Waals surface area contributed by atoms with Crippen molar-refractivity contribution in [3.63, 3.8) is 0 Å². The van der Waals surface area contributed by atoms with Gasteiger partial charge in [0.1, 0.15) is 0 Å². The molecule has 7 heteroatoms. The Morgan fingerprint density at radius 2 is 0.525 bits per heavy atom. The quantitative estimate of drug-likeness (QED) is 0.0343. The van der Waals surface area contributed by atoms with Crippen LogP contribution >= 0.6 is 0 Å². The summed E-state index contributed by atoms with van der Waals surface area (Å²) in [6.45, 7) is 17.9. The molecular weight excluding hydrogens is 737 g/mol. The molecule has 0 rings (SSSR count). The Hall–Kier alpha value is -0.800. The maximum Gasteiger partial charge on any atom is 0.180 e. The molecule has 0 N–H and O–H groups in total. The first-order valence-corrected chi connectivity index (χ1v) is 25.8. The molecule has 0 bridgehead atoms. The smallest absolute Gasteiger partial charge is 0.180 e. The summed E-state index contributed by atoms with van der Waals surface area (Å²) in [6, 6.07) is 0. The summed E-state index contributed by atoms with van der Waals surface area (Å²) in [6.07, 6.45) is 44.4. The van der Waals surface area contributed by atoms with E-state index in [1.807, 2.05) is 0 Å². The van der Waals surface area contributed by atoms with Crippen LogP contribution in [0.3, 0.4) is 0 Å². The lowest BCUT2D eigenvalue weighted by atomic mass is 10.1. The first-order chi connectivity index (χ1) is 29.1. The van der Waals surface area contributed by atoms with Crippen LogP contribution in [-0.2, 0) is 33.2 Å². The van der Waals surface area contributed by atoms with Gasteiger partial charge in [-0.1, -0.05) is 195 Å². The molecule has 0 amide bonds. The van der Waals surface area contributed by atoms with Crippen LogP contribution in [-0.4, -0.2) is 64.8 Å². The van der Waals surface area contributed by atoms with Gasteiger partial charge in [-0.05, 0) is 63.5 Å². The van der Waals surface area contributed by atoms with Crippen LogP contribution in [0.4, 0.5) is 0 Å². The first-order valence-electron chi connectivity index (χ1n) is 25.8. The van der Waals surface area contributed by atoms with Crippen molar-refractivity contribution in [3.05, 3.63) is 24.3 Å². The van der Waals surface area contributed by atoms with Crippen LogP contribution in [0, 0.1) is 0 Å². The van der Waals surface area contributed by atoms with Crippen molar-refractivity contribution in [3.8, 4) is 0 Å². The van der Waals surface area contributed by atoms with Gasteiger partial charge in [0.15, 0.2) is 25.2 Å². The average molecular weight is 839 g/mol. The van der Waals surface area contributed by atoms with E-state index in [4.69, 9.17) is 33.2 Å².